The van der Waals surface area contributed by atoms with Crippen LogP contribution in [-0.2, 0) is 9.59 Å². The number of hydrogen-bond donors (Lipinski definition) is 1. The van der Waals surface area contributed by atoms with Crippen LogP contribution in [0.1, 0.15) is 51.0 Å². The van der Waals surface area contributed by atoms with Crippen molar-refractivity contribution in [2.75, 3.05) is 31.5 Å². The Morgan fingerprint density at radius 1 is 1.14 bits per heavy atom. The third-order valence-electron chi connectivity index (χ3n) is 6.24. The zero-order valence-electron chi connectivity index (χ0n) is 17.0. The molecule has 0 radical (unpaired) electrons. The Labute approximate surface area is 173 Å². The maximum atomic E-state index is 12.7. The normalized spacial score (nSPS) is 20.0. The number of aryl methyl sites for hydroxylation is 1. The van der Waals surface area contributed by atoms with E-state index in [1.807, 2.05) is 30.9 Å². The topological polar surface area (TPSA) is 52.7 Å². The molecule has 154 valence electrons. The molecule has 1 heterocycles. The Hall–Kier alpha value is -1.59. The van der Waals surface area contributed by atoms with E-state index in [4.69, 9.17) is 11.6 Å². The SMILES string of the molecule is Cc1ccc(Cl)cc1NC(=O)C(C)N1CCN(C(=O)CC2CCCCC2)CC1. The van der Waals surface area contributed by atoms with Crippen LogP contribution in [-0.4, -0.2) is 53.8 Å². The summed E-state index contributed by atoms with van der Waals surface area (Å²) < 4.78 is 0. The maximum Gasteiger partial charge on any atom is 0.241 e. The molecule has 1 atom stereocenters. The molecule has 1 saturated carbocycles. The van der Waals surface area contributed by atoms with E-state index in [-0.39, 0.29) is 11.9 Å². The van der Waals surface area contributed by atoms with E-state index in [0.29, 0.717) is 36.4 Å². The molecule has 1 N–H and O–H groups in total. The van der Waals surface area contributed by atoms with Gasteiger partial charge in [0.2, 0.25) is 11.8 Å². The van der Waals surface area contributed by atoms with E-state index in [9.17, 15) is 9.59 Å². The standard InChI is InChI=1S/C22H32ClN3O2/c1-16-8-9-19(23)15-20(16)24-22(28)17(2)25-10-12-26(13-11-25)21(27)14-18-6-4-3-5-7-18/h8-9,15,17-18H,3-7,10-14H2,1-2H3,(H,24,28). The molecule has 0 bridgehead atoms. The largest absolute Gasteiger partial charge is 0.340 e. The van der Waals surface area contributed by atoms with Crippen LogP contribution in [0, 0.1) is 12.8 Å². The number of anilines is 1. The summed E-state index contributed by atoms with van der Waals surface area (Å²) >= 11 is 6.04. The highest BCUT2D eigenvalue weighted by atomic mass is 35.5. The summed E-state index contributed by atoms with van der Waals surface area (Å²) in [6, 6.07) is 5.26. The third kappa shape index (κ3) is 5.48. The van der Waals surface area contributed by atoms with E-state index in [2.05, 4.69) is 10.2 Å². The second-order valence-electron chi connectivity index (χ2n) is 8.25. The molecule has 0 aromatic heterocycles. The number of rotatable bonds is 5. The van der Waals surface area contributed by atoms with Crippen LogP contribution in [0.3, 0.4) is 0 Å². The number of piperazine rings is 1. The predicted molar refractivity (Wildman–Crippen MR) is 114 cm³/mol. The van der Waals surface area contributed by atoms with Crippen LogP contribution in [0.5, 0.6) is 0 Å². The van der Waals surface area contributed by atoms with Crippen molar-refractivity contribution >= 4 is 29.1 Å². The molecular formula is C22H32ClN3O2. The molecule has 1 aliphatic heterocycles. The molecule has 2 amide bonds. The fraction of sp³-hybridized carbons (Fsp3) is 0.636. The van der Waals surface area contributed by atoms with E-state index < -0.39 is 0 Å². The highest BCUT2D eigenvalue weighted by Crippen LogP contribution is 2.27. The van der Waals surface area contributed by atoms with Gasteiger partial charge in [0.15, 0.2) is 0 Å². The predicted octanol–water partition coefficient (Wildman–Crippen LogP) is 4.09. The lowest BCUT2D eigenvalue weighted by Crippen LogP contribution is -2.54. The average Bonchev–Trinajstić information content (AvgIpc) is 2.71. The van der Waals surface area contributed by atoms with Crippen molar-refractivity contribution in [1.82, 2.24) is 9.80 Å². The van der Waals surface area contributed by atoms with Gasteiger partial charge in [-0.25, -0.2) is 0 Å². The first-order valence-electron chi connectivity index (χ1n) is 10.5. The number of carbonyl (C=O) groups excluding carboxylic acids is 2. The average molecular weight is 406 g/mol. The van der Waals surface area contributed by atoms with Gasteiger partial charge in [-0.1, -0.05) is 36.9 Å². The smallest absolute Gasteiger partial charge is 0.241 e. The van der Waals surface area contributed by atoms with Crippen LogP contribution < -0.4 is 5.32 Å². The molecule has 1 aromatic rings. The van der Waals surface area contributed by atoms with Gasteiger partial charge in [-0.15, -0.1) is 0 Å². The third-order valence-corrected chi connectivity index (χ3v) is 6.47. The summed E-state index contributed by atoms with van der Waals surface area (Å²) in [5, 5.41) is 3.60. The van der Waals surface area contributed by atoms with Crippen molar-refractivity contribution in [2.45, 2.75) is 58.4 Å². The highest BCUT2D eigenvalue weighted by molar-refractivity contribution is 6.31. The quantitative estimate of drug-likeness (QED) is 0.802. The number of amides is 2. The number of carbonyl (C=O) groups is 2. The Kier molecular flexibility index (Phi) is 7.36. The minimum atomic E-state index is -0.242. The van der Waals surface area contributed by atoms with Crippen molar-refractivity contribution < 1.29 is 9.59 Å². The zero-order chi connectivity index (χ0) is 20.1. The lowest BCUT2D eigenvalue weighted by atomic mass is 9.86. The first-order valence-corrected chi connectivity index (χ1v) is 10.9. The minimum Gasteiger partial charge on any atom is -0.340 e. The molecule has 1 saturated heterocycles. The van der Waals surface area contributed by atoms with Gasteiger partial charge in [0, 0.05) is 43.3 Å². The molecule has 1 unspecified atom stereocenters. The Balaban J connectivity index is 1.47. The van der Waals surface area contributed by atoms with Crippen LogP contribution >= 0.6 is 11.6 Å². The van der Waals surface area contributed by atoms with Crippen molar-refractivity contribution in [3.8, 4) is 0 Å². The van der Waals surface area contributed by atoms with Gasteiger partial charge >= 0.3 is 0 Å². The lowest BCUT2D eigenvalue weighted by molar-refractivity contribution is -0.135. The number of halogens is 1. The van der Waals surface area contributed by atoms with Gasteiger partial charge in [-0.2, -0.15) is 0 Å². The monoisotopic (exact) mass is 405 g/mol. The summed E-state index contributed by atoms with van der Waals surface area (Å²) in [6.45, 7) is 6.76. The van der Waals surface area contributed by atoms with Crippen molar-refractivity contribution in [1.29, 1.82) is 0 Å². The molecule has 6 heteroatoms. The van der Waals surface area contributed by atoms with Crippen molar-refractivity contribution in [3.63, 3.8) is 0 Å². The van der Waals surface area contributed by atoms with E-state index in [1.165, 1.54) is 32.1 Å². The molecule has 0 spiro atoms. The highest BCUT2D eigenvalue weighted by Gasteiger charge is 2.28. The molecule has 2 fully saturated rings. The van der Waals surface area contributed by atoms with Gasteiger partial charge in [-0.3, -0.25) is 14.5 Å². The minimum absolute atomic E-state index is 0.0349. The molecule has 5 nitrogen and oxygen atoms in total. The summed E-state index contributed by atoms with van der Waals surface area (Å²) in [7, 11) is 0. The first-order chi connectivity index (χ1) is 13.4. The second kappa shape index (κ2) is 9.75. The summed E-state index contributed by atoms with van der Waals surface area (Å²) in [4.78, 5) is 29.4. The van der Waals surface area contributed by atoms with Crippen molar-refractivity contribution in [3.05, 3.63) is 28.8 Å². The summed E-state index contributed by atoms with van der Waals surface area (Å²) in [5.74, 6) is 0.829. The number of nitrogens with zero attached hydrogens (tertiary/aromatic N) is 2. The Morgan fingerprint density at radius 3 is 2.50 bits per heavy atom. The molecule has 3 rings (SSSR count). The summed E-state index contributed by atoms with van der Waals surface area (Å²) in [5.41, 5.74) is 1.74. The van der Waals surface area contributed by atoms with E-state index in [0.717, 1.165) is 24.3 Å². The van der Waals surface area contributed by atoms with E-state index in [1.54, 1.807) is 6.07 Å². The van der Waals surface area contributed by atoms with Gasteiger partial charge in [-0.05, 0) is 50.3 Å². The molecule has 1 aliphatic carbocycles. The molecular weight excluding hydrogens is 374 g/mol. The second-order valence-corrected chi connectivity index (χ2v) is 8.69. The fourth-order valence-corrected chi connectivity index (χ4v) is 4.43. The van der Waals surface area contributed by atoms with Crippen LogP contribution in [0.15, 0.2) is 18.2 Å². The number of hydrogen-bond acceptors (Lipinski definition) is 3. The van der Waals surface area contributed by atoms with Crippen LogP contribution in [0.2, 0.25) is 5.02 Å². The fourth-order valence-electron chi connectivity index (χ4n) is 4.26. The van der Waals surface area contributed by atoms with Crippen LogP contribution in [0.4, 0.5) is 5.69 Å². The van der Waals surface area contributed by atoms with Gasteiger partial charge < -0.3 is 10.2 Å². The molecule has 1 aromatic carbocycles. The van der Waals surface area contributed by atoms with Gasteiger partial charge in [0.1, 0.15) is 0 Å². The first kappa shape index (κ1) is 21.1. The van der Waals surface area contributed by atoms with Gasteiger partial charge in [0.05, 0.1) is 6.04 Å². The zero-order valence-corrected chi connectivity index (χ0v) is 17.8. The van der Waals surface area contributed by atoms with Crippen LogP contribution in [0.25, 0.3) is 0 Å². The van der Waals surface area contributed by atoms with Crippen molar-refractivity contribution in [2.24, 2.45) is 5.92 Å². The molecule has 28 heavy (non-hydrogen) atoms. The Bertz CT molecular complexity index is 695. The Morgan fingerprint density at radius 2 is 1.82 bits per heavy atom. The lowest BCUT2D eigenvalue weighted by Gasteiger charge is -2.38. The van der Waals surface area contributed by atoms with E-state index >= 15 is 0 Å². The number of benzene rings is 1. The molecule has 2 aliphatic rings. The van der Waals surface area contributed by atoms with Gasteiger partial charge in [0.25, 0.3) is 0 Å². The summed E-state index contributed by atoms with van der Waals surface area (Å²) in [6.07, 6.45) is 6.95. The maximum absolute atomic E-state index is 12.7. The number of nitrogens with one attached hydrogen (secondary N) is 1.